The standard InChI is InChI=1S/C29H25BrN4O3/c30-23-8-10-25(11-9-23)36-14-3-15-37-26-6-1-5-24(17-26)34-20-33-27-16-22(7-12-28(27)34)29(35)32-19-21-4-2-13-31-18-21/h1-2,4-13,16-18,20H,3,14-15,19H2,(H,32,35). The van der Waals surface area contributed by atoms with E-state index in [9.17, 15) is 4.79 Å². The highest BCUT2D eigenvalue weighted by Gasteiger charge is 2.11. The monoisotopic (exact) mass is 556 g/mol. The van der Waals surface area contributed by atoms with Crippen LogP contribution in [-0.4, -0.2) is 33.7 Å². The molecule has 0 spiro atoms. The molecule has 0 unspecified atom stereocenters. The van der Waals surface area contributed by atoms with Gasteiger partial charge in [-0.05, 0) is 66.2 Å². The lowest BCUT2D eigenvalue weighted by atomic mass is 10.1. The number of halogens is 1. The predicted octanol–water partition coefficient (Wildman–Crippen LogP) is 5.96. The maximum absolute atomic E-state index is 12.6. The molecule has 0 fully saturated rings. The number of nitrogens with one attached hydrogen (secondary N) is 1. The zero-order valence-corrected chi connectivity index (χ0v) is 21.6. The van der Waals surface area contributed by atoms with E-state index in [4.69, 9.17) is 9.47 Å². The molecule has 5 aromatic rings. The molecule has 0 radical (unpaired) electrons. The molecule has 2 aromatic heterocycles. The fraction of sp³-hybridized carbons (Fsp3) is 0.138. The van der Waals surface area contributed by atoms with Crippen LogP contribution in [0.2, 0.25) is 0 Å². The second-order valence-corrected chi connectivity index (χ2v) is 9.28. The highest BCUT2D eigenvalue weighted by molar-refractivity contribution is 9.10. The number of carbonyl (C=O) groups is 1. The van der Waals surface area contributed by atoms with Gasteiger partial charge in [-0.3, -0.25) is 14.3 Å². The Hall–Kier alpha value is -4.17. The molecule has 0 bridgehead atoms. The van der Waals surface area contributed by atoms with Gasteiger partial charge in [0.15, 0.2) is 0 Å². The molecule has 0 saturated heterocycles. The van der Waals surface area contributed by atoms with Crippen LogP contribution < -0.4 is 14.8 Å². The predicted molar refractivity (Wildman–Crippen MR) is 146 cm³/mol. The van der Waals surface area contributed by atoms with Crippen molar-refractivity contribution in [3.63, 3.8) is 0 Å². The Balaban J connectivity index is 1.19. The van der Waals surface area contributed by atoms with E-state index in [1.165, 1.54) is 0 Å². The average Bonchev–Trinajstić information content (AvgIpc) is 3.37. The van der Waals surface area contributed by atoms with E-state index < -0.39 is 0 Å². The molecule has 0 saturated carbocycles. The number of rotatable bonds is 10. The number of benzene rings is 3. The van der Waals surface area contributed by atoms with Crippen LogP contribution in [0.25, 0.3) is 16.7 Å². The number of hydrogen-bond donors (Lipinski definition) is 1. The Morgan fingerprint density at radius 3 is 2.57 bits per heavy atom. The number of fused-ring (bicyclic) bond motifs is 1. The van der Waals surface area contributed by atoms with Crippen molar-refractivity contribution in [1.29, 1.82) is 0 Å². The summed E-state index contributed by atoms with van der Waals surface area (Å²) in [5, 5.41) is 2.92. The van der Waals surface area contributed by atoms with Crippen molar-refractivity contribution in [1.82, 2.24) is 19.9 Å². The van der Waals surface area contributed by atoms with Crippen molar-refractivity contribution < 1.29 is 14.3 Å². The van der Waals surface area contributed by atoms with Crippen molar-refractivity contribution in [3.8, 4) is 17.2 Å². The van der Waals surface area contributed by atoms with E-state index in [2.05, 4.69) is 31.2 Å². The lowest BCUT2D eigenvalue weighted by Gasteiger charge is -2.10. The first-order valence-corrected chi connectivity index (χ1v) is 12.7. The number of imidazole rings is 1. The van der Waals surface area contributed by atoms with Crippen LogP contribution in [-0.2, 0) is 6.54 Å². The van der Waals surface area contributed by atoms with Gasteiger partial charge in [0.25, 0.3) is 5.91 Å². The number of ether oxygens (including phenoxy) is 2. The second-order valence-electron chi connectivity index (χ2n) is 8.36. The molecular formula is C29H25BrN4O3. The van der Waals surface area contributed by atoms with Crippen molar-refractivity contribution in [2.75, 3.05) is 13.2 Å². The lowest BCUT2D eigenvalue weighted by Crippen LogP contribution is -2.22. The molecule has 0 atom stereocenters. The molecule has 5 rings (SSSR count). The van der Waals surface area contributed by atoms with Crippen LogP contribution in [0.4, 0.5) is 0 Å². The number of pyridine rings is 1. The topological polar surface area (TPSA) is 78.3 Å². The van der Waals surface area contributed by atoms with E-state index in [0.29, 0.717) is 25.3 Å². The Labute approximate surface area is 223 Å². The van der Waals surface area contributed by atoms with Crippen LogP contribution >= 0.6 is 15.9 Å². The normalized spacial score (nSPS) is 10.8. The number of amides is 1. The molecule has 3 aromatic carbocycles. The van der Waals surface area contributed by atoms with Crippen LogP contribution in [0.15, 0.2) is 102 Å². The van der Waals surface area contributed by atoms with Crippen molar-refractivity contribution in [3.05, 3.63) is 113 Å². The van der Waals surface area contributed by atoms with Gasteiger partial charge in [-0.25, -0.2) is 4.98 Å². The van der Waals surface area contributed by atoms with Crippen molar-refractivity contribution in [2.24, 2.45) is 0 Å². The first-order valence-electron chi connectivity index (χ1n) is 11.9. The number of carbonyl (C=O) groups excluding carboxylic acids is 1. The second kappa shape index (κ2) is 11.7. The first kappa shape index (κ1) is 24.5. The maximum atomic E-state index is 12.6. The van der Waals surface area contributed by atoms with Gasteiger partial charge < -0.3 is 14.8 Å². The minimum Gasteiger partial charge on any atom is -0.493 e. The van der Waals surface area contributed by atoms with Gasteiger partial charge in [-0.1, -0.05) is 28.1 Å². The molecule has 8 heteroatoms. The zero-order valence-electron chi connectivity index (χ0n) is 20.0. The summed E-state index contributed by atoms with van der Waals surface area (Å²) in [6.07, 6.45) is 5.97. The summed E-state index contributed by atoms with van der Waals surface area (Å²) in [5.74, 6) is 1.46. The Bertz CT molecular complexity index is 1490. The summed E-state index contributed by atoms with van der Waals surface area (Å²) < 4.78 is 14.7. The summed E-state index contributed by atoms with van der Waals surface area (Å²) in [7, 11) is 0. The molecular weight excluding hydrogens is 532 g/mol. The van der Waals surface area contributed by atoms with E-state index >= 15 is 0 Å². The minimum atomic E-state index is -0.153. The highest BCUT2D eigenvalue weighted by atomic mass is 79.9. The molecule has 37 heavy (non-hydrogen) atoms. The summed E-state index contributed by atoms with van der Waals surface area (Å²) in [4.78, 5) is 21.2. The van der Waals surface area contributed by atoms with Gasteiger partial charge in [0.05, 0.1) is 29.9 Å². The Kier molecular flexibility index (Phi) is 7.76. The quantitative estimate of drug-likeness (QED) is 0.215. The van der Waals surface area contributed by atoms with E-state index in [1.807, 2.05) is 77.4 Å². The molecule has 7 nitrogen and oxygen atoms in total. The molecule has 2 heterocycles. The highest BCUT2D eigenvalue weighted by Crippen LogP contribution is 2.23. The van der Waals surface area contributed by atoms with E-state index in [-0.39, 0.29) is 5.91 Å². The van der Waals surface area contributed by atoms with Gasteiger partial charge in [0.1, 0.15) is 17.8 Å². The van der Waals surface area contributed by atoms with Gasteiger partial charge in [-0.15, -0.1) is 0 Å². The van der Waals surface area contributed by atoms with Crippen LogP contribution in [0.5, 0.6) is 11.5 Å². The first-order chi connectivity index (χ1) is 18.2. The van der Waals surface area contributed by atoms with Crippen molar-refractivity contribution in [2.45, 2.75) is 13.0 Å². The lowest BCUT2D eigenvalue weighted by molar-refractivity contribution is 0.0951. The third-order valence-corrected chi connectivity index (χ3v) is 6.25. The summed E-state index contributed by atoms with van der Waals surface area (Å²) in [5.41, 5.74) is 4.08. The summed E-state index contributed by atoms with van der Waals surface area (Å²) >= 11 is 3.42. The molecule has 186 valence electrons. The molecule has 0 aliphatic heterocycles. The van der Waals surface area contributed by atoms with Crippen LogP contribution in [0, 0.1) is 0 Å². The van der Waals surface area contributed by atoms with E-state index in [1.54, 1.807) is 24.8 Å². The van der Waals surface area contributed by atoms with Crippen molar-refractivity contribution >= 4 is 32.9 Å². The van der Waals surface area contributed by atoms with Gasteiger partial charge in [0.2, 0.25) is 0 Å². The number of nitrogens with zero attached hydrogens (tertiary/aromatic N) is 3. The Morgan fingerprint density at radius 1 is 0.919 bits per heavy atom. The minimum absolute atomic E-state index is 0.153. The van der Waals surface area contributed by atoms with Crippen LogP contribution in [0.1, 0.15) is 22.3 Å². The van der Waals surface area contributed by atoms with Gasteiger partial charge >= 0.3 is 0 Å². The zero-order chi connectivity index (χ0) is 25.5. The third-order valence-electron chi connectivity index (χ3n) is 5.72. The number of hydrogen-bond acceptors (Lipinski definition) is 5. The maximum Gasteiger partial charge on any atom is 0.251 e. The Morgan fingerprint density at radius 2 is 1.76 bits per heavy atom. The van der Waals surface area contributed by atoms with Gasteiger partial charge in [0, 0.05) is 41.5 Å². The fourth-order valence-corrected chi connectivity index (χ4v) is 4.10. The largest absolute Gasteiger partial charge is 0.493 e. The molecule has 1 N–H and O–H groups in total. The fourth-order valence-electron chi connectivity index (χ4n) is 3.84. The molecule has 1 amide bonds. The smallest absolute Gasteiger partial charge is 0.251 e. The SMILES string of the molecule is O=C(NCc1cccnc1)c1ccc2c(c1)ncn2-c1cccc(OCCCOc2ccc(Br)cc2)c1. The van der Waals surface area contributed by atoms with Gasteiger partial charge in [-0.2, -0.15) is 0 Å². The van der Waals surface area contributed by atoms with Crippen LogP contribution in [0.3, 0.4) is 0 Å². The molecule has 0 aliphatic rings. The number of aromatic nitrogens is 3. The third kappa shape index (κ3) is 6.34. The summed E-state index contributed by atoms with van der Waals surface area (Å²) in [6, 6.07) is 24.9. The van der Waals surface area contributed by atoms with E-state index in [0.717, 1.165) is 44.7 Å². The molecule has 0 aliphatic carbocycles. The summed E-state index contributed by atoms with van der Waals surface area (Å²) in [6.45, 7) is 1.54. The average molecular weight is 557 g/mol.